The van der Waals surface area contributed by atoms with Gasteiger partial charge in [0.05, 0.1) is 16.6 Å². The highest BCUT2D eigenvalue weighted by Crippen LogP contribution is 2.34. The van der Waals surface area contributed by atoms with Gasteiger partial charge in [0, 0.05) is 23.0 Å². The van der Waals surface area contributed by atoms with E-state index >= 15 is 0 Å². The summed E-state index contributed by atoms with van der Waals surface area (Å²) in [6.07, 6.45) is 2.37. The van der Waals surface area contributed by atoms with E-state index in [1.807, 2.05) is 17.5 Å². The molecular formula is C30H26N6O5S2. The van der Waals surface area contributed by atoms with Crippen LogP contribution in [-0.2, 0) is 14.8 Å². The van der Waals surface area contributed by atoms with Gasteiger partial charge in [-0.15, -0.1) is 11.3 Å². The van der Waals surface area contributed by atoms with Crippen LogP contribution in [0, 0.1) is 0 Å². The minimum absolute atomic E-state index is 0.168. The second kappa shape index (κ2) is 11.0. The molecule has 2 N–H and O–H groups in total. The maximum Gasteiger partial charge on any atom is 0.412 e. The van der Waals surface area contributed by atoms with Gasteiger partial charge in [-0.1, -0.05) is 24.3 Å². The first kappa shape index (κ1) is 28.1. The van der Waals surface area contributed by atoms with Crippen LogP contribution in [0.4, 0.5) is 22.1 Å². The fourth-order valence-electron chi connectivity index (χ4n) is 4.23. The molecule has 0 unspecified atom stereocenters. The first-order chi connectivity index (χ1) is 20.5. The van der Waals surface area contributed by atoms with Gasteiger partial charge in [0.1, 0.15) is 16.1 Å². The van der Waals surface area contributed by atoms with Gasteiger partial charge in [-0.2, -0.15) is 4.98 Å². The van der Waals surface area contributed by atoms with Crippen molar-refractivity contribution in [2.24, 2.45) is 0 Å². The molecule has 4 heterocycles. The van der Waals surface area contributed by atoms with Gasteiger partial charge in [0.2, 0.25) is 11.8 Å². The summed E-state index contributed by atoms with van der Waals surface area (Å²) >= 11 is 1.43. The molecule has 0 fully saturated rings. The van der Waals surface area contributed by atoms with Crippen LogP contribution in [0.15, 0.2) is 95.5 Å². The summed E-state index contributed by atoms with van der Waals surface area (Å²) in [6, 6.07) is 20.5. The molecule has 0 radical (unpaired) electrons. The molecule has 6 rings (SSSR count). The number of thiophene rings is 1. The van der Waals surface area contributed by atoms with Crippen molar-refractivity contribution < 1.29 is 22.7 Å². The van der Waals surface area contributed by atoms with Gasteiger partial charge >= 0.3 is 6.09 Å². The van der Waals surface area contributed by atoms with Gasteiger partial charge in [-0.25, -0.2) is 27.2 Å². The van der Waals surface area contributed by atoms with Gasteiger partial charge < -0.3 is 14.8 Å². The Bertz CT molecular complexity index is 2070. The summed E-state index contributed by atoms with van der Waals surface area (Å²) < 4.78 is 39.7. The molecule has 0 aliphatic carbocycles. The van der Waals surface area contributed by atoms with Crippen molar-refractivity contribution in [2.75, 3.05) is 10.6 Å². The van der Waals surface area contributed by atoms with Crippen molar-refractivity contribution in [1.29, 1.82) is 0 Å². The van der Waals surface area contributed by atoms with E-state index in [1.165, 1.54) is 23.7 Å². The lowest BCUT2D eigenvalue weighted by Gasteiger charge is -2.19. The van der Waals surface area contributed by atoms with E-state index in [1.54, 1.807) is 81.4 Å². The lowest BCUT2D eigenvalue weighted by atomic mass is 10.2. The molecule has 1 amide bonds. The topological polar surface area (TPSA) is 137 Å². The molecule has 43 heavy (non-hydrogen) atoms. The fourth-order valence-corrected chi connectivity index (χ4v) is 6.32. The van der Waals surface area contributed by atoms with Crippen molar-refractivity contribution in [3.05, 3.63) is 90.6 Å². The van der Waals surface area contributed by atoms with Crippen LogP contribution in [0.25, 0.3) is 21.3 Å². The largest absolute Gasteiger partial charge is 0.444 e. The number of fused-ring (bicyclic) bond motifs is 2. The molecule has 0 aliphatic rings. The second-order valence-electron chi connectivity index (χ2n) is 10.4. The Balaban J connectivity index is 1.25. The zero-order valence-electron chi connectivity index (χ0n) is 23.3. The number of nitrogens with zero attached hydrogens (tertiary/aromatic N) is 4. The molecule has 4 aromatic heterocycles. The normalized spacial score (nSPS) is 11.9. The summed E-state index contributed by atoms with van der Waals surface area (Å²) in [4.78, 5) is 26.0. The lowest BCUT2D eigenvalue weighted by Crippen LogP contribution is -2.27. The Morgan fingerprint density at radius 3 is 2.53 bits per heavy atom. The molecule has 6 aromatic rings. The highest BCUT2D eigenvalue weighted by molar-refractivity contribution is 7.90. The number of hydrogen-bond acceptors (Lipinski definition) is 10. The smallest absolute Gasteiger partial charge is 0.412 e. The third kappa shape index (κ3) is 6.12. The van der Waals surface area contributed by atoms with Crippen LogP contribution in [0.1, 0.15) is 20.8 Å². The molecule has 0 saturated carbocycles. The second-order valence-corrected chi connectivity index (χ2v) is 13.2. The summed E-state index contributed by atoms with van der Waals surface area (Å²) in [5, 5.41) is 8.35. The van der Waals surface area contributed by atoms with Crippen molar-refractivity contribution in [3.63, 3.8) is 0 Å². The number of nitrogens with one attached hydrogen (secondary N) is 2. The SMILES string of the molecule is CC(C)(C)OC(=O)Nc1cccc(Nc2nc(Oc3cnc4c(ccn4S(=O)(=O)c4ccccc4)c3)c3sccc3n2)c1. The van der Waals surface area contributed by atoms with Gasteiger partial charge in [-0.05, 0) is 74.7 Å². The maximum atomic E-state index is 13.2. The van der Waals surface area contributed by atoms with E-state index < -0.39 is 21.7 Å². The van der Waals surface area contributed by atoms with Crippen LogP contribution >= 0.6 is 11.3 Å². The lowest BCUT2D eigenvalue weighted by molar-refractivity contribution is 0.0636. The van der Waals surface area contributed by atoms with Crippen molar-refractivity contribution >= 4 is 66.0 Å². The highest BCUT2D eigenvalue weighted by Gasteiger charge is 2.20. The summed E-state index contributed by atoms with van der Waals surface area (Å²) in [5.74, 6) is 0.970. The number of hydrogen-bond donors (Lipinski definition) is 2. The number of carbonyl (C=O) groups excluding carboxylic acids is 1. The molecule has 0 spiro atoms. The fraction of sp³-hybridized carbons (Fsp3) is 0.133. The van der Waals surface area contributed by atoms with Crippen LogP contribution < -0.4 is 15.4 Å². The average Bonchev–Trinajstić information content (AvgIpc) is 3.60. The van der Waals surface area contributed by atoms with Gasteiger partial charge in [0.25, 0.3) is 10.0 Å². The van der Waals surface area contributed by atoms with Crippen molar-refractivity contribution in [2.45, 2.75) is 31.3 Å². The van der Waals surface area contributed by atoms with Crippen LogP contribution in [-0.4, -0.2) is 39.0 Å². The Hall–Kier alpha value is -5.01. The van der Waals surface area contributed by atoms with Crippen molar-refractivity contribution in [1.82, 2.24) is 18.9 Å². The first-order valence-corrected chi connectivity index (χ1v) is 15.5. The van der Waals surface area contributed by atoms with Crippen LogP contribution in [0.3, 0.4) is 0 Å². The summed E-state index contributed by atoms with van der Waals surface area (Å²) in [6.45, 7) is 5.38. The number of rotatable bonds is 7. The standard InChI is InChI=1S/C30H26N6O5S2/c1-30(2,3)41-29(37)33-21-9-7-8-20(17-21)32-28-34-24-13-15-42-25(24)27(35-28)40-22-16-19-12-14-36(26(19)31-18-22)43(38,39)23-10-5-4-6-11-23/h4-18H,1-3H3,(H,33,37)(H,32,34,35). The zero-order valence-corrected chi connectivity index (χ0v) is 24.9. The number of aromatic nitrogens is 4. The van der Waals surface area contributed by atoms with E-state index in [-0.39, 0.29) is 16.5 Å². The molecule has 0 saturated heterocycles. The Kier molecular flexibility index (Phi) is 7.20. The molecule has 11 nitrogen and oxygen atoms in total. The van der Waals surface area contributed by atoms with E-state index in [9.17, 15) is 13.2 Å². The quantitative estimate of drug-likeness (QED) is 0.192. The molecular weight excluding hydrogens is 589 g/mol. The molecule has 0 bridgehead atoms. The van der Waals surface area contributed by atoms with Gasteiger partial charge in [0.15, 0.2) is 5.65 Å². The Morgan fingerprint density at radius 1 is 0.953 bits per heavy atom. The third-order valence-corrected chi connectivity index (χ3v) is 8.59. The monoisotopic (exact) mass is 614 g/mol. The third-order valence-electron chi connectivity index (χ3n) is 6.02. The highest BCUT2D eigenvalue weighted by atomic mass is 32.2. The predicted molar refractivity (Wildman–Crippen MR) is 166 cm³/mol. The van der Waals surface area contributed by atoms with E-state index in [2.05, 4.69) is 25.6 Å². The molecule has 2 aromatic carbocycles. The van der Waals surface area contributed by atoms with E-state index in [0.29, 0.717) is 33.9 Å². The molecule has 0 atom stereocenters. The number of anilines is 3. The Labute approximate surface area is 251 Å². The zero-order chi connectivity index (χ0) is 30.2. The predicted octanol–water partition coefficient (Wildman–Crippen LogP) is 7.16. The molecule has 13 heteroatoms. The van der Waals surface area contributed by atoms with E-state index in [0.717, 1.165) is 8.67 Å². The first-order valence-electron chi connectivity index (χ1n) is 13.1. The van der Waals surface area contributed by atoms with Crippen LogP contribution in [0.2, 0.25) is 0 Å². The minimum Gasteiger partial charge on any atom is -0.444 e. The average molecular weight is 615 g/mol. The number of ether oxygens (including phenoxy) is 2. The van der Waals surface area contributed by atoms with Crippen molar-refractivity contribution in [3.8, 4) is 11.6 Å². The number of carbonyl (C=O) groups is 1. The number of pyridine rings is 1. The summed E-state index contributed by atoms with van der Waals surface area (Å²) in [5.41, 5.74) is 1.51. The van der Waals surface area contributed by atoms with E-state index in [4.69, 9.17) is 9.47 Å². The molecule has 0 aliphatic heterocycles. The number of benzene rings is 2. The molecule has 218 valence electrons. The maximum absolute atomic E-state index is 13.2. The Morgan fingerprint density at radius 2 is 1.74 bits per heavy atom. The summed E-state index contributed by atoms with van der Waals surface area (Å²) in [7, 11) is -3.81. The van der Waals surface area contributed by atoms with Gasteiger partial charge in [-0.3, -0.25) is 5.32 Å². The minimum atomic E-state index is -3.81. The number of amides is 1. The van der Waals surface area contributed by atoms with Crippen LogP contribution in [0.5, 0.6) is 11.6 Å².